The smallest absolute Gasteiger partial charge is 0.324 e. The molecule has 1 N–H and O–H groups in total. The van der Waals surface area contributed by atoms with Crippen LogP contribution in [0.4, 0.5) is 10.7 Å². The van der Waals surface area contributed by atoms with Crippen LogP contribution in [0.2, 0.25) is 0 Å². The Balaban J connectivity index is 2.09. The quantitative estimate of drug-likeness (QED) is 0.601. The summed E-state index contributed by atoms with van der Waals surface area (Å²) >= 11 is 8.04. The molecule has 1 heterocycles. The molecule has 0 saturated carbocycles. The second-order valence-electron chi connectivity index (χ2n) is 3.50. The first kappa shape index (κ1) is 13.5. The highest BCUT2D eigenvalue weighted by molar-refractivity contribution is 9.11. The number of nitrogens with one attached hydrogen (secondary N) is 1. The van der Waals surface area contributed by atoms with Crippen LogP contribution in [0.3, 0.4) is 0 Å². The molecular formula is C11H8Br2N2O2S. The van der Waals surface area contributed by atoms with E-state index in [2.05, 4.69) is 37.2 Å². The predicted molar refractivity (Wildman–Crippen MR) is 80.1 cm³/mol. The SMILES string of the molecule is O=[N+]([O-])c1cc(CNc2c(Br)cccc2Br)cs1. The zero-order valence-electron chi connectivity index (χ0n) is 9.02. The number of nitrogens with zero attached hydrogens (tertiary/aromatic N) is 1. The molecule has 0 atom stereocenters. The summed E-state index contributed by atoms with van der Waals surface area (Å²) < 4.78 is 1.89. The van der Waals surface area contributed by atoms with Crippen LogP contribution in [0, 0.1) is 10.1 Å². The molecule has 0 aliphatic rings. The third kappa shape index (κ3) is 3.09. The molecule has 1 aromatic carbocycles. The molecular weight excluding hydrogens is 384 g/mol. The summed E-state index contributed by atoms with van der Waals surface area (Å²) in [5, 5.41) is 15.8. The Bertz CT molecular complexity index is 566. The standard InChI is InChI=1S/C11H8Br2N2O2S/c12-8-2-1-3-9(13)11(8)14-5-7-4-10(15(16)17)18-6-7/h1-4,6,14H,5H2. The van der Waals surface area contributed by atoms with Gasteiger partial charge in [0.15, 0.2) is 0 Å². The summed E-state index contributed by atoms with van der Waals surface area (Å²) in [5.74, 6) is 0. The van der Waals surface area contributed by atoms with E-state index in [-0.39, 0.29) is 9.92 Å². The van der Waals surface area contributed by atoms with E-state index in [0.29, 0.717) is 6.54 Å². The van der Waals surface area contributed by atoms with E-state index in [9.17, 15) is 10.1 Å². The molecule has 0 aliphatic carbocycles. The number of halogens is 2. The van der Waals surface area contributed by atoms with Gasteiger partial charge in [0.05, 0.1) is 10.6 Å². The average molecular weight is 392 g/mol. The first-order chi connectivity index (χ1) is 8.58. The lowest BCUT2D eigenvalue weighted by atomic mass is 10.3. The Hall–Kier alpha value is -0.920. The monoisotopic (exact) mass is 390 g/mol. The Morgan fingerprint density at radius 1 is 1.33 bits per heavy atom. The summed E-state index contributed by atoms with van der Waals surface area (Å²) in [5.41, 5.74) is 1.83. The maximum absolute atomic E-state index is 10.6. The van der Waals surface area contributed by atoms with E-state index in [0.717, 1.165) is 31.5 Å². The van der Waals surface area contributed by atoms with Crippen molar-refractivity contribution in [2.75, 3.05) is 5.32 Å². The highest BCUT2D eigenvalue weighted by Crippen LogP contribution is 2.31. The molecule has 0 aliphatic heterocycles. The lowest BCUT2D eigenvalue weighted by Crippen LogP contribution is -1.99. The van der Waals surface area contributed by atoms with Crippen molar-refractivity contribution in [2.24, 2.45) is 0 Å². The number of anilines is 1. The van der Waals surface area contributed by atoms with Crippen LogP contribution in [0.15, 0.2) is 38.6 Å². The number of para-hydroxylation sites is 1. The number of benzene rings is 1. The Kier molecular flexibility index (Phi) is 4.36. The van der Waals surface area contributed by atoms with Gasteiger partial charge in [0.2, 0.25) is 0 Å². The summed E-state index contributed by atoms with van der Waals surface area (Å²) in [6.07, 6.45) is 0. The third-order valence-electron chi connectivity index (χ3n) is 2.25. The van der Waals surface area contributed by atoms with Gasteiger partial charge in [-0.05, 0) is 49.6 Å². The molecule has 1 aromatic heterocycles. The maximum Gasteiger partial charge on any atom is 0.324 e. The summed E-state index contributed by atoms with van der Waals surface area (Å²) in [6.45, 7) is 0.547. The van der Waals surface area contributed by atoms with Gasteiger partial charge < -0.3 is 5.32 Å². The van der Waals surface area contributed by atoms with Gasteiger partial charge in [-0.3, -0.25) is 10.1 Å². The molecule has 0 unspecified atom stereocenters. The molecule has 0 amide bonds. The Labute approximate surface area is 124 Å². The van der Waals surface area contributed by atoms with Crippen LogP contribution >= 0.6 is 43.2 Å². The average Bonchev–Trinajstić information content (AvgIpc) is 2.77. The molecule has 18 heavy (non-hydrogen) atoms. The topological polar surface area (TPSA) is 55.2 Å². The first-order valence-electron chi connectivity index (χ1n) is 4.97. The van der Waals surface area contributed by atoms with E-state index in [1.807, 2.05) is 18.2 Å². The Morgan fingerprint density at radius 3 is 2.56 bits per heavy atom. The fourth-order valence-corrected chi connectivity index (χ4v) is 3.42. The molecule has 0 saturated heterocycles. The lowest BCUT2D eigenvalue weighted by molar-refractivity contribution is -0.380. The first-order valence-corrected chi connectivity index (χ1v) is 7.44. The summed E-state index contributed by atoms with van der Waals surface area (Å²) in [7, 11) is 0. The zero-order valence-corrected chi connectivity index (χ0v) is 13.0. The number of thiophene rings is 1. The third-order valence-corrected chi connectivity index (χ3v) is 4.50. The lowest BCUT2D eigenvalue weighted by Gasteiger charge is -2.09. The van der Waals surface area contributed by atoms with Gasteiger partial charge in [0.1, 0.15) is 0 Å². The predicted octanol–water partition coefficient (Wildman–Crippen LogP) is 4.79. The van der Waals surface area contributed by atoms with E-state index >= 15 is 0 Å². The molecule has 4 nitrogen and oxygen atoms in total. The molecule has 2 rings (SSSR count). The van der Waals surface area contributed by atoms with Gasteiger partial charge in [-0.2, -0.15) is 0 Å². The van der Waals surface area contributed by atoms with Crippen molar-refractivity contribution < 1.29 is 4.92 Å². The highest BCUT2D eigenvalue weighted by Gasteiger charge is 2.10. The van der Waals surface area contributed by atoms with Crippen molar-refractivity contribution in [1.82, 2.24) is 0 Å². The van der Waals surface area contributed by atoms with Crippen LogP contribution in [0.25, 0.3) is 0 Å². The van der Waals surface area contributed by atoms with Crippen molar-refractivity contribution in [3.8, 4) is 0 Å². The highest BCUT2D eigenvalue weighted by atomic mass is 79.9. The van der Waals surface area contributed by atoms with Crippen LogP contribution in [-0.4, -0.2) is 4.92 Å². The summed E-state index contributed by atoms with van der Waals surface area (Å²) in [6, 6.07) is 7.38. The minimum absolute atomic E-state index is 0.165. The fourth-order valence-electron chi connectivity index (χ4n) is 1.41. The van der Waals surface area contributed by atoms with Gasteiger partial charge >= 0.3 is 5.00 Å². The molecule has 2 aromatic rings. The number of hydrogen-bond acceptors (Lipinski definition) is 4. The van der Waals surface area contributed by atoms with Crippen molar-refractivity contribution in [2.45, 2.75) is 6.54 Å². The van der Waals surface area contributed by atoms with Gasteiger partial charge in [-0.25, -0.2) is 0 Å². The molecule has 0 spiro atoms. The number of nitro groups is 1. The molecule has 0 radical (unpaired) electrons. The van der Waals surface area contributed by atoms with Crippen LogP contribution in [-0.2, 0) is 6.54 Å². The van der Waals surface area contributed by atoms with Crippen molar-refractivity contribution in [3.05, 3.63) is 54.3 Å². The minimum Gasteiger partial charge on any atom is -0.379 e. The maximum atomic E-state index is 10.6. The van der Waals surface area contributed by atoms with E-state index in [4.69, 9.17) is 0 Å². The van der Waals surface area contributed by atoms with Crippen molar-refractivity contribution in [1.29, 1.82) is 0 Å². The second kappa shape index (κ2) is 5.81. The van der Waals surface area contributed by atoms with Crippen LogP contribution < -0.4 is 5.32 Å². The van der Waals surface area contributed by atoms with Gasteiger partial charge in [0.25, 0.3) is 0 Å². The Morgan fingerprint density at radius 2 is 2.00 bits per heavy atom. The fraction of sp³-hybridized carbons (Fsp3) is 0.0909. The van der Waals surface area contributed by atoms with E-state index in [1.165, 1.54) is 0 Å². The number of rotatable bonds is 4. The van der Waals surface area contributed by atoms with E-state index < -0.39 is 0 Å². The van der Waals surface area contributed by atoms with Crippen LogP contribution in [0.5, 0.6) is 0 Å². The number of hydrogen-bond donors (Lipinski definition) is 1. The van der Waals surface area contributed by atoms with Gasteiger partial charge in [0, 0.05) is 26.9 Å². The second-order valence-corrected chi connectivity index (χ2v) is 6.10. The van der Waals surface area contributed by atoms with Crippen LogP contribution in [0.1, 0.15) is 5.56 Å². The normalized spacial score (nSPS) is 10.3. The minimum atomic E-state index is -0.373. The molecule has 94 valence electrons. The molecule has 0 bridgehead atoms. The van der Waals surface area contributed by atoms with E-state index in [1.54, 1.807) is 11.4 Å². The largest absolute Gasteiger partial charge is 0.379 e. The molecule has 7 heteroatoms. The summed E-state index contributed by atoms with van der Waals surface area (Å²) in [4.78, 5) is 10.2. The van der Waals surface area contributed by atoms with Gasteiger partial charge in [-0.1, -0.05) is 17.4 Å². The van der Waals surface area contributed by atoms with Crippen molar-refractivity contribution in [3.63, 3.8) is 0 Å². The molecule has 0 fully saturated rings. The zero-order chi connectivity index (χ0) is 13.1. The van der Waals surface area contributed by atoms with Gasteiger partial charge in [-0.15, -0.1) is 0 Å². The van der Waals surface area contributed by atoms with Crippen molar-refractivity contribution >= 4 is 53.9 Å².